The normalized spacial score (nSPS) is 14.8. The molecule has 0 saturated heterocycles. The summed E-state index contributed by atoms with van der Waals surface area (Å²) in [5.74, 6) is -0.817. The largest absolute Gasteiger partial charge is 0.496 e. The summed E-state index contributed by atoms with van der Waals surface area (Å²) in [4.78, 5) is 31.7. The van der Waals surface area contributed by atoms with Gasteiger partial charge in [-0.15, -0.1) is 0 Å². The predicted octanol–water partition coefficient (Wildman–Crippen LogP) is 4.55. The molecule has 0 bridgehead atoms. The van der Waals surface area contributed by atoms with Crippen LogP contribution in [0.5, 0.6) is 5.75 Å². The Hall–Kier alpha value is -4.31. The molecular weight excluding hydrogens is 442 g/mol. The van der Waals surface area contributed by atoms with Gasteiger partial charge in [-0.2, -0.15) is 5.26 Å². The Morgan fingerprint density at radius 1 is 1.17 bits per heavy atom. The summed E-state index contributed by atoms with van der Waals surface area (Å²) >= 11 is 0. The van der Waals surface area contributed by atoms with Crippen molar-refractivity contribution in [2.45, 2.75) is 33.3 Å². The number of methoxy groups -OCH3 is 1. The third kappa shape index (κ3) is 4.31. The first-order valence-electron chi connectivity index (χ1n) is 11.4. The van der Waals surface area contributed by atoms with Crippen LogP contribution in [0, 0.1) is 18.3 Å². The fourth-order valence-corrected chi connectivity index (χ4v) is 4.72. The zero-order valence-electron chi connectivity index (χ0n) is 20.2. The molecule has 7 nitrogen and oxygen atoms in total. The number of hydrogen-bond acceptors (Lipinski definition) is 6. The van der Waals surface area contributed by atoms with E-state index < -0.39 is 11.9 Å². The second-order valence-electron chi connectivity index (χ2n) is 8.37. The van der Waals surface area contributed by atoms with E-state index in [1.165, 1.54) is 7.11 Å². The van der Waals surface area contributed by atoms with Crippen molar-refractivity contribution in [1.82, 2.24) is 4.98 Å². The minimum absolute atomic E-state index is 0.108. The first-order valence-corrected chi connectivity index (χ1v) is 11.4. The molecule has 1 unspecified atom stereocenters. The molecule has 0 fully saturated rings. The number of carbonyl (C=O) groups excluding carboxylic acids is 1. The maximum absolute atomic E-state index is 13.6. The van der Waals surface area contributed by atoms with Gasteiger partial charge in [-0.25, -0.2) is 4.79 Å². The average Bonchev–Trinajstić information content (AvgIpc) is 2.89. The zero-order chi connectivity index (χ0) is 25.1. The van der Waals surface area contributed by atoms with Crippen LogP contribution in [0.3, 0.4) is 0 Å². The third-order valence-electron chi connectivity index (χ3n) is 6.36. The number of fused-ring (bicyclic) bond motifs is 1. The van der Waals surface area contributed by atoms with Gasteiger partial charge >= 0.3 is 5.97 Å². The van der Waals surface area contributed by atoms with Gasteiger partial charge in [-0.3, -0.25) is 4.79 Å². The number of aromatic amines is 1. The number of allylic oxidation sites excluding steroid dienone is 1. The van der Waals surface area contributed by atoms with Crippen LogP contribution in [0.15, 0.2) is 70.8 Å². The summed E-state index contributed by atoms with van der Waals surface area (Å²) in [5, 5.41) is 9.37. The SMILES string of the molecule is CCN1C(C)=C(C(=O)OCc2ccccc2)C(c2ccc(C#N)cc2OC)c2c1c(C)c[nH]c2=O. The van der Waals surface area contributed by atoms with Gasteiger partial charge in [0.05, 0.1) is 41.5 Å². The van der Waals surface area contributed by atoms with E-state index in [0.717, 1.165) is 16.8 Å². The van der Waals surface area contributed by atoms with Crippen LogP contribution in [0.1, 0.15) is 47.6 Å². The van der Waals surface area contributed by atoms with Crippen LogP contribution in [0.2, 0.25) is 0 Å². The maximum atomic E-state index is 13.6. The van der Waals surface area contributed by atoms with Crippen molar-refractivity contribution in [3.05, 3.63) is 104 Å². The predicted molar refractivity (Wildman–Crippen MR) is 133 cm³/mol. The summed E-state index contributed by atoms with van der Waals surface area (Å²) in [5.41, 5.74) is 4.80. The molecule has 2 heterocycles. The number of benzene rings is 2. The number of nitrogens with one attached hydrogen (secondary N) is 1. The van der Waals surface area contributed by atoms with Crippen LogP contribution < -0.4 is 15.2 Å². The lowest BCUT2D eigenvalue weighted by Gasteiger charge is -2.38. The summed E-state index contributed by atoms with van der Waals surface area (Å²) in [6.45, 7) is 6.45. The lowest BCUT2D eigenvalue weighted by Crippen LogP contribution is -2.37. The summed E-state index contributed by atoms with van der Waals surface area (Å²) in [6.07, 6.45) is 1.68. The standard InChI is InChI=1S/C28H27N3O4/c1-5-31-18(3)23(28(33)35-16-19-9-7-6-8-10-19)24(25-26(31)17(2)15-30-27(25)32)21-12-11-20(14-29)13-22(21)34-4/h6-13,15,24H,5,16H2,1-4H3,(H,30,32). The highest BCUT2D eigenvalue weighted by molar-refractivity contribution is 5.95. The van der Waals surface area contributed by atoms with Crippen molar-refractivity contribution in [3.8, 4) is 11.8 Å². The molecule has 0 amide bonds. The second-order valence-corrected chi connectivity index (χ2v) is 8.37. The maximum Gasteiger partial charge on any atom is 0.337 e. The summed E-state index contributed by atoms with van der Waals surface area (Å²) < 4.78 is 11.4. The molecule has 1 aliphatic heterocycles. The number of pyridine rings is 1. The van der Waals surface area contributed by atoms with Crippen LogP contribution in [0.25, 0.3) is 0 Å². The first kappa shape index (κ1) is 23.8. The first-order chi connectivity index (χ1) is 16.9. The molecule has 2 aromatic carbocycles. The number of rotatable bonds is 6. The van der Waals surface area contributed by atoms with Crippen molar-refractivity contribution in [1.29, 1.82) is 5.26 Å². The van der Waals surface area contributed by atoms with Crippen LogP contribution in [0.4, 0.5) is 5.69 Å². The van der Waals surface area contributed by atoms with E-state index in [4.69, 9.17) is 9.47 Å². The highest BCUT2D eigenvalue weighted by Crippen LogP contribution is 2.47. The third-order valence-corrected chi connectivity index (χ3v) is 6.36. The fourth-order valence-electron chi connectivity index (χ4n) is 4.72. The molecular formula is C28H27N3O4. The molecule has 3 aromatic rings. The Morgan fingerprint density at radius 2 is 1.91 bits per heavy atom. The van der Waals surface area contributed by atoms with Crippen LogP contribution in [-0.2, 0) is 16.1 Å². The Kier molecular flexibility index (Phi) is 6.74. The Bertz CT molecular complexity index is 1400. The number of nitriles is 1. The molecule has 0 saturated carbocycles. The van der Waals surface area contributed by atoms with E-state index in [2.05, 4.69) is 11.1 Å². The minimum atomic E-state index is -0.734. The number of carbonyl (C=O) groups is 1. The Balaban J connectivity index is 1.93. The summed E-state index contributed by atoms with van der Waals surface area (Å²) in [6, 6.07) is 16.6. The molecule has 35 heavy (non-hydrogen) atoms. The Morgan fingerprint density at radius 3 is 2.57 bits per heavy atom. The van der Waals surface area contributed by atoms with Crippen molar-refractivity contribution in [2.75, 3.05) is 18.6 Å². The van der Waals surface area contributed by atoms with Gasteiger partial charge in [0, 0.05) is 24.0 Å². The molecule has 4 rings (SSSR count). The molecule has 1 atom stereocenters. The number of hydrogen-bond donors (Lipinski definition) is 1. The van der Waals surface area contributed by atoms with Crippen molar-refractivity contribution in [3.63, 3.8) is 0 Å². The van der Waals surface area contributed by atoms with Gasteiger partial charge in [0.1, 0.15) is 12.4 Å². The van der Waals surface area contributed by atoms with E-state index in [1.807, 2.05) is 56.0 Å². The smallest absolute Gasteiger partial charge is 0.337 e. The van der Waals surface area contributed by atoms with Gasteiger partial charge in [-0.05, 0) is 44.0 Å². The van der Waals surface area contributed by atoms with E-state index in [1.54, 1.807) is 24.4 Å². The van der Waals surface area contributed by atoms with Gasteiger partial charge in [0.25, 0.3) is 5.56 Å². The molecule has 1 aliphatic rings. The number of ether oxygens (including phenoxy) is 2. The lowest BCUT2D eigenvalue weighted by atomic mass is 9.79. The van der Waals surface area contributed by atoms with Gasteiger partial charge < -0.3 is 19.4 Å². The van der Waals surface area contributed by atoms with Crippen molar-refractivity contribution >= 4 is 11.7 Å². The van der Waals surface area contributed by atoms with Gasteiger partial charge in [0.2, 0.25) is 0 Å². The quantitative estimate of drug-likeness (QED) is 0.532. The number of aromatic nitrogens is 1. The molecule has 0 radical (unpaired) electrons. The van der Waals surface area contributed by atoms with Crippen molar-refractivity contribution in [2.24, 2.45) is 0 Å². The molecule has 0 aliphatic carbocycles. The molecule has 178 valence electrons. The number of H-pyrrole nitrogens is 1. The fraction of sp³-hybridized carbons (Fsp3) is 0.250. The second kappa shape index (κ2) is 9.90. The lowest BCUT2D eigenvalue weighted by molar-refractivity contribution is -0.140. The number of nitrogens with zero attached hydrogens (tertiary/aromatic N) is 2. The van der Waals surface area contributed by atoms with E-state index in [9.17, 15) is 14.9 Å². The van der Waals surface area contributed by atoms with Gasteiger partial charge in [-0.1, -0.05) is 36.4 Å². The summed E-state index contributed by atoms with van der Waals surface area (Å²) in [7, 11) is 1.51. The highest BCUT2D eigenvalue weighted by Gasteiger charge is 2.40. The van der Waals surface area contributed by atoms with E-state index in [0.29, 0.717) is 40.3 Å². The number of aryl methyl sites for hydroxylation is 1. The highest BCUT2D eigenvalue weighted by atomic mass is 16.5. The molecule has 0 spiro atoms. The van der Waals surface area contributed by atoms with Crippen molar-refractivity contribution < 1.29 is 14.3 Å². The van der Waals surface area contributed by atoms with Gasteiger partial charge in [0.15, 0.2) is 0 Å². The molecule has 1 N–H and O–H groups in total. The molecule has 7 heteroatoms. The number of esters is 1. The van der Waals surface area contributed by atoms with E-state index >= 15 is 0 Å². The topological polar surface area (TPSA) is 95.4 Å². The minimum Gasteiger partial charge on any atom is -0.496 e. The van der Waals surface area contributed by atoms with E-state index in [-0.39, 0.29) is 12.2 Å². The van der Waals surface area contributed by atoms with Crippen LogP contribution in [-0.4, -0.2) is 24.6 Å². The Labute approximate surface area is 204 Å². The zero-order valence-corrected chi connectivity index (χ0v) is 20.2. The number of anilines is 1. The molecule has 1 aromatic heterocycles. The van der Waals surface area contributed by atoms with Crippen LogP contribution >= 0.6 is 0 Å². The monoisotopic (exact) mass is 469 g/mol. The average molecular weight is 470 g/mol.